The second-order valence-electron chi connectivity index (χ2n) is 6.56. The number of hydrogen-bond acceptors (Lipinski definition) is 3. The first-order valence-electron chi connectivity index (χ1n) is 8.51. The van der Waals surface area contributed by atoms with E-state index in [1.807, 2.05) is 0 Å². The van der Waals surface area contributed by atoms with Gasteiger partial charge in [0.15, 0.2) is 0 Å². The highest BCUT2D eigenvalue weighted by Crippen LogP contribution is 2.15. The molecule has 0 aromatic heterocycles. The van der Waals surface area contributed by atoms with Gasteiger partial charge in [0.1, 0.15) is 0 Å². The minimum Gasteiger partial charge on any atom is -0.349 e. The Kier molecular flexibility index (Phi) is 6.37. The van der Waals surface area contributed by atoms with Crippen molar-refractivity contribution in [3.05, 3.63) is 29.8 Å². The van der Waals surface area contributed by atoms with Crippen LogP contribution in [0, 0.1) is 0 Å². The Hall–Kier alpha value is -1.44. The number of amides is 1. The summed E-state index contributed by atoms with van der Waals surface area (Å²) in [4.78, 5) is 14.2. The van der Waals surface area contributed by atoms with Crippen LogP contribution in [0.15, 0.2) is 29.2 Å². The quantitative estimate of drug-likeness (QED) is 0.763. The van der Waals surface area contributed by atoms with Crippen molar-refractivity contribution < 1.29 is 18.1 Å². The van der Waals surface area contributed by atoms with E-state index in [9.17, 15) is 13.2 Å². The van der Waals surface area contributed by atoms with E-state index < -0.39 is 10.0 Å². The number of rotatable bonds is 6. The fourth-order valence-corrected chi connectivity index (χ4v) is 4.00. The molecule has 0 radical (unpaired) electrons. The van der Waals surface area contributed by atoms with Crippen molar-refractivity contribution in [3.63, 3.8) is 0 Å². The first-order chi connectivity index (χ1) is 11.3. The van der Waals surface area contributed by atoms with E-state index in [0.29, 0.717) is 5.56 Å². The molecule has 0 saturated carbocycles. The van der Waals surface area contributed by atoms with Crippen LogP contribution < -0.4 is 10.2 Å². The Labute approximate surface area is 144 Å². The molecule has 2 N–H and O–H groups in total. The summed E-state index contributed by atoms with van der Waals surface area (Å²) >= 11 is 0. The molecule has 2 rings (SSSR count). The third kappa shape index (κ3) is 4.55. The van der Waals surface area contributed by atoms with E-state index in [1.165, 1.54) is 39.2 Å². The molecule has 1 saturated heterocycles. The predicted molar refractivity (Wildman–Crippen MR) is 93.7 cm³/mol. The Morgan fingerprint density at radius 1 is 1.29 bits per heavy atom. The molecule has 0 bridgehead atoms. The molecular formula is C17H28N3O3S+. The number of quaternary nitrogens is 1. The maximum Gasteiger partial charge on any atom is 0.251 e. The van der Waals surface area contributed by atoms with Gasteiger partial charge in [-0.1, -0.05) is 13.0 Å². The van der Waals surface area contributed by atoms with Crippen LogP contribution in [0.1, 0.15) is 36.5 Å². The molecule has 0 aliphatic carbocycles. The van der Waals surface area contributed by atoms with Crippen molar-refractivity contribution in [1.82, 2.24) is 9.62 Å². The zero-order valence-electron chi connectivity index (χ0n) is 14.7. The van der Waals surface area contributed by atoms with Crippen LogP contribution in [0.5, 0.6) is 0 Å². The lowest BCUT2D eigenvalue weighted by Crippen LogP contribution is -3.13. The zero-order valence-corrected chi connectivity index (χ0v) is 15.5. The summed E-state index contributed by atoms with van der Waals surface area (Å²) in [6, 6.07) is 6.40. The molecule has 0 spiro atoms. The molecule has 1 aromatic rings. The van der Waals surface area contributed by atoms with E-state index in [0.717, 1.165) is 30.2 Å². The predicted octanol–water partition coefficient (Wildman–Crippen LogP) is 0.124. The van der Waals surface area contributed by atoms with Gasteiger partial charge in [-0.2, -0.15) is 0 Å². The molecule has 7 heteroatoms. The molecule has 1 amide bonds. The molecule has 0 unspecified atom stereocenters. The third-order valence-corrected chi connectivity index (χ3v) is 6.32. The Morgan fingerprint density at radius 3 is 2.54 bits per heavy atom. The van der Waals surface area contributed by atoms with Crippen molar-refractivity contribution in [1.29, 1.82) is 0 Å². The van der Waals surface area contributed by atoms with E-state index in [4.69, 9.17) is 0 Å². The number of carbonyl (C=O) groups is 1. The number of hydrogen-bond donors (Lipinski definition) is 2. The number of sulfonamides is 1. The molecule has 134 valence electrons. The highest BCUT2D eigenvalue weighted by molar-refractivity contribution is 7.89. The molecule has 1 fully saturated rings. The van der Waals surface area contributed by atoms with Gasteiger partial charge in [-0.25, -0.2) is 12.7 Å². The summed E-state index contributed by atoms with van der Waals surface area (Å²) < 4.78 is 25.5. The maximum atomic E-state index is 12.4. The van der Waals surface area contributed by atoms with E-state index >= 15 is 0 Å². The van der Waals surface area contributed by atoms with E-state index in [-0.39, 0.29) is 16.8 Å². The lowest BCUT2D eigenvalue weighted by atomic mass is 10.0. The summed E-state index contributed by atoms with van der Waals surface area (Å²) in [5, 5.41) is 3.05. The van der Waals surface area contributed by atoms with Crippen molar-refractivity contribution >= 4 is 15.9 Å². The van der Waals surface area contributed by atoms with Gasteiger partial charge < -0.3 is 10.2 Å². The topological polar surface area (TPSA) is 70.9 Å². The smallest absolute Gasteiger partial charge is 0.251 e. The maximum absolute atomic E-state index is 12.4. The Morgan fingerprint density at radius 2 is 1.96 bits per heavy atom. The third-order valence-electron chi connectivity index (χ3n) is 4.51. The van der Waals surface area contributed by atoms with Gasteiger partial charge in [0.25, 0.3) is 5.91 Å². The molecule has 24 heavy (non-hydrogen) atoms. The summed E-state index contributed by atoms with van der Waals surface area (Å²) in [6.45, 7) is 5.53. The van der Waals surface area contributed by atoms with Crippen LogP contribution in [-0.4, -0.2) is 58.4 Å². The monoisotopic (exact) mass is 354 g/mol. The lowest BCUT2D eigenvalue weighted by Gasteiger charge is -2.29. The van der Waals surface area contributed by atoms with Gasteiger partial charge in [-0.15, -0.1) is 0 Å². The van der Waals surface area contributed by atoms with Gasteiger partial charge in [0.05, 0.1) is 24.5 Å². The average Bonchev–Trinajstić information content (AvgIpc) is 2.57. The molecule has 1 aliphatic heterocycles. The summed E-state index contributed by atoms with van der Waals surface area (Å²) in [5.41, 5.74) is 0.390. The van der Waals surface area contributed by atoms with Gasteiger partial charge in [-0.05, 0) is 24.6 Å². The molecule has 1 heterocycles. The number of carbonyl (C=O) groups excluding carboxylic acids is 1. The van der Waals surface area contributed by atoms with Crippen molar-refractivity contribution in [3.8, 4) is 0 Å². The van der Waals surface area contributed by atoms with Crippen LogP contribution >= 0.6 is 0 Å². The van der Waals surface area contributed by atoms with Crippen LogP contribution in [-0.2, 0) is 10.0 Å². The van der Waals surface area contributed by atoms with Crippen LogP contribution in [0.2, 0.25) is 0 Å². The first-order valence-corrected chi connectivity index (χ1v) is 9.95. The second-order valence-corrected chi connectivity index (χ2v) is 8.71. The number of nitrogens with zero attached hydrogens (tertiary/aromatic N) is 1. The molecule has 1 aliphatic rings. The minimum absolute atomic E-state index is 0.141. The zero-order chi connectivity index (χ0) is 17.7. The van der Waals surface area contributed by atoms with Crippen molar-refractivity contribution in [2.75, 3.05) is 33.7 Å². The van der Waals surface area contributed by atoms with Crippen LogP contribution in [0.4, 0.5) is 0 Å². The van der Waals surface area contributed by atoms with Gasteiger partial charge in [0, 0.05) is 38.5 Å². The fourth-order valence-electron chi connectivity index (χ4n) is 3.05. The van der Waals surface area contributed by atoms with Crippen LogP contribution in [0.25, 0.3) is 0 Å². The van der Waals surface area contributed by atoms with Crippen molar-refractivity contribution in [2.24, 2.45) is 0 Å². The Bertz CT molecular complexity index is 665. The molecule has 0 atom stereocenters. The summed E-state index contributed by atoms with van der Waals surface area (Å²) in [5.74, 6) is -0.199. The minimum atomic E-state index is -3.53. The molecular weight excluding hydrogens is 326 g/mol. The van der Waals surface area contributed by atoms with Crippen molar-refractivity contribution in [2.45, 2.75) is 37.1 Å². The summed E-state index contributed by atoms with van der Waals surface area (Å²) in [6.07, 6.45) is 3.12. The largest absolute Gasteiger partial charge is 0.349 e. The molecule has 1 aromatic carbocycles. The van der Waals surface area contributed by atoms with Gasteiger partial charge in [-0.3, -0.25) is 4.79 Å². The van der Waals surface area contributed by atoms with Gasteiger partial charge in [0.2, 0.25) is 10.0 Å². The standard InChI is InChI=1S/C17H27N3O3S/c1-4-10-20-11-8-15(9-12-20)18-17(21)14-6-5-7-16(13-14)24(22,23)19(2)3/h5-7,13,15H,4,8-12H2,1-3H3,(H,18,21)/p+1. The van der Waals surface area contributed by atoms with Gasteiger partial charge >= 0.3 is 0 Å². The van der Waals surface area contributed by atoms with E-state index in [2.05, 4.69) is 12.2 Å². The number of likely N-dealkylation sites (tertiary alicyclic amines) is 1. The summed E-state index contributed by atoms with van der Waals surface area (Å²) in [7, 11) is -0.568. The number of piperidine rings is 1. The molecule has 6 nitrogen and oxygen atoms in total. The Balaban J connectivity index is 2.01. The number of nitrogens with one attached hydrogen (secondary N) is 2. The second kappa shape index (κ2) is 8.09. The van der Waals surface area contributed by atoms with E-state index in [1.54, 1.807) is 17.0 Å². The lowest BCUT2D eigenvalue weighted by molar-refractivity contribution is -0.905. The average molecular weight is 354 g/mol. The highest BCUT2D eigenvalue weighted by atomic mass is 32.2. The fraction of sp³-hybridized carbons (Fsp3) is 0.588. The normalized spacial score (nSPS) is 21.7. The first kappa shape index (κ1) is 18.9. The highest BCUT2D eigenvalue weighted by Gasteiger charge is 2.24. The SMILES string of the molecule is CCC[NH+]1CCC(NC(=O)c2cccc(S(=O)(=O)N(C)C)c2)CC1. The van der Waals surface area contributed by atoms with Crippen LogP contribution in [0.3, 0.4) is 0 Å². The number of benzene rings is 1.